The molecule has 1 aliphatic carbocycles. The highest BCUT2D eigenvalue weighted by molar-refractivity contribution is 6.20. The zero-order chi connectivity index (χ0) is 10.7. The number of carboxylic acid groups (broad SMARTS) is 2. The van der Waals surface area contributed by atoms with Crippen molar-refractivity contribution in [2.75, 3.05) is 0 Å². The second-order valence-corrected chi connectivity index (χ2v) is 4.30. The molecule has 80 valence electrons. The minimum absolute atomic E-state index is 0.0741. The molecule has 1 fully saturated rings. The van der Waals surface area contributed by atoms with Gasteiger partial charge in [0, 0.05) is 5.38 Å². The van der Waals surface area contributed by atoms with Gasteiger partial charge in [0.05, 0.1) is 0 Å². The largest absolute Gasteiger partial charge is 0.481 e. The molecule has 2 unspecified atom stereocenters. The molecule has 0 bridgehead atoms. The number of carboxylic acids is 2. The molecular formula is C9H13ClO4. The molecule has 5 heteroatoms. The lowest BCUT2D eigenvalue weighted by Crippen LogP contribution is -2.34. The van der Waals surface area contributed by atoms with E-state index in [-0.39, 0.29) is 11.3 Å². The molecule has 1 rings (SSSR count). The molecule has 2 atom stereocenters. The van der Waals surface area contributed by atoms with Gasteiger partial charge in [0.15, 0.2) is 5.92 Å². The van der Waals surface area contributed by atoms with Crippen molar-refractivity contribution in [1.29, 1.82) is 0 Å². The maximum atomic E-state index is 10.7. The highest BCUT2D eigenvalue weighted by Crippen LogP contribution is 2.33. The van der Waals surface area contributed by atoms with E-state index >= 15 is 0 Å². The summed E-state index contributed by atoms with van der Waals surface area (Å²) in [6.45, 7) is 0. The lowest BCUT2D eigenvalue weighted by Gasteiger charge is -2.27. The molecule has 0 amide bonds. The van der Waals surface area contributed by atoms with Crippen LogP contribution in [-0.2, 0) is 9.59 Å². The Hall–Kier alpha value is -0.770. The molecule has 0 aromatic rings. The molecule has 0 aromatic heterocycles. The van der Waals surface area contributed by atoms with Crippen LogP contribution in [0.4, 0.5) is 0 Å². The van der Waals surface area contributed by atoms with Crippen LogP contribution in [0.3, 0.4) is 0 Å². The smallest absolute Gasteiger partial charge is 0.318 e. The van der Waals surface area contributed by atoms with E-state index in [4.69, 9.17) is 21.8 Å². The Morgan fingerprint density at radius 1 is 1.21 bits per heavy atom. The quantitative estimate of drug-likeness (QED) is 0.559. The first kappa shape index (κ1) is 11.3. The van der Waals surface area contributed by atoms with E-state index in [1.807, 2.05) is 0 Å². The Morgan fingerprint density at radius 3 is 2.21 bits per heavy atom. The molecule has 1 saturated carbocycles. The van der Waals surface area contributed by atoms with Gasteiger partial charge in [-0.1, -0.05) is 6.42 Å². The number of aliphatic carboxylic acids is 2. The third-order valence-electron chi connectivity index (χ3n) is 2.65. The van der Waals surface area contributed by atoms with Crippen LogP contribution in [0.1, 0.15) is 25.7 Å². The first-order valence-electron chi connectivity index (χ1n) is 4.62. The third-order valence-corrected chi connectivity index (χ3v) is 3.05. The minimum atomic E-state index is -1.29. The highest BCUT2D eigenvalue weighted by Gasteiger charge is 2.37. The summed E-state index contributed by atoms with van der Waals surface area (Å²) in [5.41, 5.74) is 0. The number of halogens is 1. The van der Waals surface area contributed by atoms with Crippen LogP contribution in [0.2, 0.25) is 0 Å². The van der Waals surface area contributed by atoms with Gasteiger partial charge in [-0.3, -0.25) is 9.59 Å². The number of rotatable bonds is 3. The second-order valence-electron chi connectivity index (χ2n) is 3.68. The predicted octanol–water partition coefficient (Wildman–Crippen LogP) is 1.57. The van der Waals surface area contributed by atoms with Crippen LogP contribution in [0.25, 0.3) is 0 Å². The van der Waals surface area contributed by atoms with E-state index in [2.05, 4.69) is 0 Å². The van der Waals surface area contributed by atoms with Crippen molar-refractivity contribution in [3.05, 3.63) is 0 Å². The first-order valence-corrected chi connectivity index (χ1v) is 5.05. The van der Waals surface area contributed by atoms with E-state index in [0.29, 0.717) is 12.8 Å². The van der Waals surface area contributed by atoms with Crippen molar-refractivity contribution in [1.82, 2.24) is 0 Å². The van der Waals surface area contributed by atoms with Gasteiger partial charge in [-0.25, -0.2) is 0 Å². The molecular weight excluding hydrogens is 208 g/mol. The molecule has 0 radical (unpaired) electrons. The summed E-state index contributed by atoms with van der Waals surface area (Å²) in [6.07, 6.45) is 2.80. The predicted molar refractivity (Wildman–Crippen MR) is 50.4 cm³/mol. The summed E-state index contributed by atoms with van der Waals surface area (Å²) in [5.74, 6) is -4.13. The number of hydrogen-bond donors (Lipinski definition) is 2. The van der Waals surface area contributed by atoms with Crippen LogP contribution in [0.15, 0.2) is 0 Å². The molecule has 0 spiro atoms. The average molecular weight is 221 g/mol. The van der Waals surface area contributed by atoms with Gasteiger partial charge < -0.3 is 10.2 Å². The van der Waals surface area contributed by atoms with Gasteiger partial charge in [-0.05, 0) is 25.2 Å². The van der Waals surface area contributed by atoms with E-state index in [9.17, 15) is 9.59 Å². The molecule has 0 aromatic carbocycles. The van der Waals surface area contributed by atoms with Gasteiger partial charge in [0.2, 0.25) is 0 Å². The van der Waals surface area contributed by atoms with Crippen molar-refractivity contribution in [3.8, 4) is 0 Å². The van der Waals surface area contributed by atoms with Crippen LogP contribution in [0, 0.1) is 11.8 Å². The molecule has 1 aliphatic rings. The molecule has 0 saturated heterocycles. The van der Waals surface area contributed by atoms with Crippen molar-refractivity contribution in [2.24, 2.45) is 11.8 Å². The molecule has 14 heavy (non-hydrogen) atoms. The summed E-state index contributed by atoms with van der Waals surface area (Å²) < 4.78 is 0. The van der Waals surface area contributed by atoms with E-state index in [1.54, 1.807) is 0 Å². The van der Waals surface area contributed by atoms with Crippen molar-refractivity contribution >= 4 is 23.5 Å². The Labute approximate surface area is 86.9 Å². The summed E-state index contributed by atoms with van der Waals surface area (Å²) in [4.78, 5) is 21.4. The zero-order valence-corrected chi connectivity index (χ0v) is 8.41. The van der Waals surface area contributed by atoms with Crippen LogP contribution in [-0.4, -0.2) is 27.5 Å². The summed E-state index contributed by atoms with van der Waals surface area (Å²) in [7, 11) is 0. The number of hydrogen-bond acceptors (Lipinski definition) is 2. The topological polar surface area (TPSA) is 74.6 Å². The van der Waals surface area contributed by atoms with Crippen LogP contribution >= 0.6 is 11.6 Å². The maximum absolute atomic E-state index is 10.7. The Bertz CT molecular complexity index is 227. The average Bonchev–Trinajstić information content (AvgIpc) is 2.02. The normalized spacial score (nSPS) is 27.6. The lowest BCUT2D eigenvalue weighted by atomic mass is 9.80. The number of alkyl halides is 1. The fourth-order valence-corrected chi connectivity index (χ4v) is 2.36. The van der Waals surface area contributed by atoms with Gasteiger partial charge in [0.1, 0.15) is 0 Å². The summed E-state index contributed by atoms with van der Waals surface area (Å²) in [6, 6.07) is 0. The van der Waals surface area contributed by atoms with Crippen molar-refractivity contribution in [2.45, 2.75) is 31.1 Å². The fourth-order valence-electron chi connectivity index (χ4n) is 1.98. The molecule has 2 N–H and O–H groups in total. The summed E-state index contributed by atoms with van der Waals surface area (Å²) in [5, 5.41) is 17.4. The minimum Gasteiger partial charge on any atom is -0.481 e. The maximum Gasteiger partial charge on any atom is 0.318 e. The van der Waals surface area contributed by atoms with Gasteiger partial charge in [0.25, 0.3) is 0 Å². The fraction of sp³-hybridized carbons (Fsp3) is 0.778. The monoisotopic (exact) mass is 220 g/mol. The Balaban J connectivity index is 2.67. The second kappa shape index (κ2) is 4.64. The standard InChI is InChI=1S/C9H13ClO4/c10-6-3-1-2-5(4-6)7(8(11)12)9(13)14/h5-7H,1-4H2,(H,11,12)(H,13,14). The van der Waals surface area contributed by atoms with Crippen molar-refractivity contribution in [3.63, 3.8) is 0 Å². The lowest BCUT2D eigenvalue weighted by molar-refractivity contribution is -0.157. The van der Waals surface area contributed by atoms with Gasteiger partial charge >= 0.3 is 11.9 Å². The van der Waals surface area contributed by atoms with E-state index in [0.717, 1.165) is 12.8 Å². The van der Waals surface area contributed by atoms with Crippen LogP contribution < -0.4 is 0 Å². The molecule has 4 nitrogen and oxygen atoms in total. The van der Waals surface area contributed by atoms with Gasteiger partial charge in [-0.2, -0.15) is 0 Å². The van der Waals surface area contributed by atoms with Crippen molar-refractivity contribution < 1.29 is 19.8 Å². The number of carbonyl (C=O) groups is 2. The Kier molecular flexibility index (Phi) is 3.75. The Morgan fingerprint density at radius 2 is 1.79 bits per heavy atom. The highest BCUT2D eigenvalue weighted by atomic mass is 35.5. The molecule has 0 heterocycles. The molecule has 0 aliphatic heterocycles. The first-order chi connectivity index (χ1) is 6.52. The summed E-state index contributed by atoms with van der Waals surface area (Å²) >= 11 is 5.88. The van der Waals surface area contributed by atoms with E-state index in [1.165, 1.54) is 0 Å². The van der Waals surface area contributed by atoms with Crippen LogP contribution in [0.5, 0.6) is 0 Å². The zero-order valence-electron chi connectivity index (χ0n) is 7.65. The van der Waals surface area contributed by atoms with Gasteiger partial charge in [-0.15, -0.1) is 11.6 Å². The SMILES string of the molecule is O=C(O)C(C(=O)O)C1CCCC(Cl)C1. The van der Waals surface area contributed by atoms with E-state index < -0.39 is 17.9 Å². The third kappa shape index (κ3) is 2.61.